The maximum Gasteiger partial charge on any atom is 0.235 e. The molecule has 5 nitrogen and oxygen atoms in total. The van der Waals surface area contributed by atoms with Crippen LogP contribution in [0.25, 0.3) is 0 Å². The third-order valence-electron chi connectivity index (χ3n) is 2.10. The van der Waals surface area contributed by atoms with E-state index >= 15 is 0 Å². The van der Waals surface area contributed by atoms with E-state index in [0.717, 1.165) is 0 Å². The van der Waals surface area contributed by atoms with Gasteiger partial charge in [0.15, 0.2) is 0 Å². The third-order valence-corrected chi connectivity index (χ3v) is 4.37. The molecule has 0 heterocycles. The molecule has 0 radical (unpaired) electrons. The summed E-state index contributed by atoms with van der Waals surface area (Å²) in [6.07, 6.45) is -0.399. The summed E-state index contributed by atoms with van der Waals surface area (Å²) < 4.78 is 31.1. The van der Waals surface area contributed by atoms with E-state index in [0.29, 0.717) is 10.2 Å². The van der Waals surface area contributed by atoms with Gasteiger partial charge in [-0.3, -0.25) is 4.72 Å². The molecular weight excluding hydrogens is 310 g/mol. The molecule has 1 atom stereocenters. The average molecular weight is 324 g/mol. The van der Waals surface area contributed by atoms with E-state index in [1.165, 1.54) is 13.2 Å². The molecule has 1 rings (SSSR count). The monoisotopic (exact) mass is 323 g/mol. The fraction of sp³-hybridized carbons (Fsp3) is 0.400. The van der Waals surface area contributed by atoms with Crippen LogP contribution < -0.4 is 4.72 Å². The maximum absolute atomic E-state index is 11.7. The fourth-order valence-electron chi connectivity index (χ4n) is 1.18. The van der Waals surface area contributed by atoms with Crippen molar-refractivity contribution in [2.45, 2.75) is 13.0 Å². The van der Waals surface area contributed by atoms with Crippen LogP contribution >= 0.6 is 15.9 Å². The van der Waals surface area contributed by atoms with Crippen molar-refractivity contribution < 1.29 is 18.3 Å². The summed E-state index contributed by atoms with van der Waals surface area (Å²) in [5, 5.41) is 9.42. The van der Waals surface area contributed by atoms with E-state index < -0.39 is 16.1 Å². The van der Waals surface area contributed by atoms with Gasteiger partial charge in [-0.25, -0.2) is 8.42 Å². The number of hydrogen-bond donors (Lipinski definition) is 2. The van der Waals surface area contributed by atoms with Crippen LogP contribution in [-0.2, 0) is 14.8 Å². The maximum atomic E-state index is 11.7. The number of hydrogen-bond acceptors (Lipinski definition) is 4. The first-order valence-electron chi connectivity index (χ1n) is 4.86. The quantitative estimate of drug-likeness (QED) is 0.868. The van der Waals surface area contributed by atoms with Crippen LogP contribution in [0.2, 0.25) is 0 Å². The molecule has 7 heteroatoms. The van der Waals surface area contributed by atoms with E-state index in [2.05, 4.69) is 20.7 Å². The zero-order chi connectivity index (χ0) is 13.1. The number of phenolic OH excluding ortho intramolecular Hbond substituents is 1. The predicted molar refractivity (Wildman–Crippen MR) is 69.7 cm³/mol. The number of methoxy groups -OCH3 is 1. The van der Waals surface area contributed by atoms with Crippen molar-refractivity contribution in [2.75, 3.05) is 17.6 Å². The van der Waals surface area contributed by atoms with E-state index in [1.54, 1.807) is 19.1 Å². The van der Waals surface area contributed by atoms with Crippen molar-refractivity contribution in [1.29, 1.82) is 0 Å². The molecule has 0 bridgehead atoms. The van der Waals surface area contributed by atoms with Gasteiger partial charge in [0, 0.05) is 7.11 Å². The Labute approximate surface area is 109 Å². The highest BCUT2D eigenvalue weighted by Gasteiger charge is 2.17. The summed E-state index contributed by atoms with van der Waals surface area (Å²) >= 11 is 3.11. The first-order chi connectivity index (χ1) is 7.85. The van der Waals surface area contributed by atoms with Gasteiger partial charge >= 0.3 is 0 Å². The van der Waals surface area contributed by atoms with Crippen molar-refractivity contribution in [3.8, 4) is 5.75 Å². The number of halogens is 1. The van der Waals surface area contributed by atoms with Gasteiger partial charge in [-0.05, 0) is 35.0 Å². The smallest absolute Gasteiger partial charge is 0.235 e. The fourth-order valence-corrected chi connectivity index (χ4v) is 3.02. The summed E-state index contributed by atoms with van der Waals surface area (Å²) in [6, 6.07) is 4.57. The molecule has 0 aliphatic carbocycles. The lowest BCUT2D eigenvalue weighted by Gasteiger charge is -2.13. The second kappa shape index (κ2) is 5.70. The van der Waals surface area contributed by atoms with Gasteiger partial charge in [0.05, 0.1) is 22.0 Å². The summed E-state index contributed by atoms with van der Waals surface area (Å²) in [4.78, 5) is 0. The number of benzene rings is 1. The minimum Gasteiger partial charge on any atom is -0.507 e. The van der Waals surface area contributed by atoms with E-state index in [-0.39, 0.29) is 11.5 Å². The highest BCUT2D eigenvalue weighted by molar-refractivity contribution is 9.10. The Bertz CT molecular complexity index is 489. The molecule has 1 aromatic rings. The van der Waals surface area contributed by atoms with Gasteiger partial charge in [0.2, 0.25) is 10.0 Å². The van der Waals surface area contributed by atoms with Crippen molar-refractivity contribution in [3.05, 3.63) is 22.7 Å². The van der Waals surface area contributed by atoms with Crippen molar-refractivity contribution >= 4 is 31.6 Å². The number of ether oxygens (including phenoxy) is 1. The van der Waals surface area contributed by atoms with Gasteiger partial charge in [-0.1, -0.05) is 6.07 Å². The number of sulfonamides is 1. The zero-order valence-electron chi connectivity index (χ0n) is 9.47. The van der Waals surface area contributed by atoms with Crippen molar-refractivity contribution in [2.24, 2.45) is 0 Å². The lowest BCUT2D eigenvalue weighted by Crippen LogP contribution is -2.25. The Morgan fingerprint density at radius 3 is 2.76 bits per heavy atom. The van der Waals surface area contributed by atoms with Crippen LogP contribution in [0, 0.1) is 0 Å². The second-order valence-corrected chi connectivity index (χ2v) is 6.13. The topological polar surface area (TPSA) is 75.6 Å². The molecule has 0 spiro atoms. The number of aromatic hydroxyl groups is 1. The lowest BCUT2D eigenvalue weighted by atomic mass is 10.3. The molecule has 0 unspecified atom stereocenters. The molecule has 0 aliphatic rings. The highest BCUT2D eigenvalue weighted by atomic mass is 79.9. The zero-order valence-corrected chi connectivity index (χ0v) is 11.9. The summed E-state index contributed by atoms with van der Waals surface area (Å²) in [5.74, 6) is -0.170. The predicted octanol–water partition coefficient (Wildman–Crippen LogP) is 1.93. The Hall–Kier alpha value is -0.790. The van der Waals surface area contributed by atoms with E-state index in [4.69, 9.17) is 4.74 Å². The van der Waals surface area contributed by atoms with Crippen LogP contribution in [0.15, 0.2) is 22.7 Å². The molecule has 1 aromatic carbocycles. The summed E-state index contributed by atoms with van der Waals surface area (Å²) in [5.41, 5.74) is 0.299. The number of phenols is 1. The minimum atomic E-state index is -3.50. The lowest BCUT2D eigenvalue weighted by molar-refractivity contribution is 0.136. The highest BCUT2D eigenvalue weighted by Crippen LogP contribution is 2.31. The van der Waals surface area contributed by atoms with Gasteiger partial charge in [-0.15, -0.1) is 0 Å². The number of rotatable bonds is 5. The molecule has 0 aliphatic heterocycles. The van der Waals surface area contributed by atoms with Crippen LogP contribution in [0.1, 0.15) is 6.92 Å². The molecule has 17 heavy (non-hydrogen) atoms. The van der Waals surface area contributed by atoms with Crippen LogP contribution in [0.5, 0.6) is 5.75 Å². The molecular formula is C10H14BrNO4S. The molecule has 0 saturated heterocycles. The molecule has 0 saturated carbocycles. The average Bonchev–Trinajstić information content (AvgIpc) is 2.23. The van der Waals surface area contributed by atoms with Gasteiger partial charge < -0.3 is 9.84 Å². The number of anilines is 1. The summed E-state index contributed by atoms with van der Waals surface area (Å²) in [7, 11) is -2.05. The number of nitrogens with one attached hydrogen (secondary N) is 1. The van der Waals surface area contributed by atoms with Crippen LogP contribution in [-0.4, -0.2) is 32.5 Å². The van der Waals surface area contributed by atoms with Crippen molar-refractivity contribution in [1.82, 2.24) is 0 Å². The Balaban J connectivity index is 2.87. The van der Waals surface area contributed by atoms with Crippen molar-refractivity contribution in [3.63, 3.8) is 0 Å². The van der Waals surface area contributed by atoms with Gasteiger partial charge in [-0.2, -0.15) is 0 Å². The summed E-state index contributed by atoms with van der Waals surface area (Å²) in [6.45, 7) is 1.66. The second-order valence-electron chi connectivity index (χ2n) is 3.57. The standard InChI is InChI=1S/C10H14BrNO4S/c1-7(16-2)6-17(14,15)12-8-4-3-5-9(13)10(8)11/h3-5,7,12-13H,6H2,1-2H3/t7-/m0/s1. The Morgan fingerprint density at radius 2 is 2.18 bits per heavy atom. The molecule has 0 aromatic heterocycles. The Kier molecular flexibility index (Phi) is 4.79. The normalized spacial score (nSPS) is 13.4. The van der Waals surface area contributed by atoms with Crippen LogP contribution in [0.3, 0.4) is 0 Å². The minimum absolute atomic E-state index is 0.0232. The Morgan fingerprint density at radius 1 is 1.53 bits per heavy atom. The van der Waals surface area contributed by atoms with E-state index in [9.17, 15) is 13.5 Å². The van der Waals surface area contributed by atoms with Crippen LogP contribution in [0.4, 0.5) is 5.69 Å². The third kappa shape index (κ3) is 4.18. The molecule has 2 N–H and O–H groups in total. The van der Waals surface area contributed by atoms with Gasteiger partial charge in [0.25, 0.3) is 0 Å². The van der Waals surface area contributed by atoms with Gasteiger partial charge in [0.1, 0.15) is 5.75 Å². The molecule has 0 fully saturated rings. The largest absolute Gasteiger partial charge is 0.507 e. The molecule has 96 valence electrons. The molecule has 0 amide bonds. The SMILES string of the molecule is CO[C@@H](C)CS(=O)(=O)Nc1cccc(O)c1Br. The first-order valence-corrected chi connectivity index (χ1v) is 7.31. The van der Waals surface area contributed by atoms with E-state index in [1.807, 2.05) is 0 Å². The first kappa shape index (κ1) is 14.3.